The predicted molar refractivity (Wildman–Crippen MR) is 68.5 cm³/mol. The van der Waals surface area contributed by atoms with Gasteiger partial charge in [0.15, 0.2) is 0 Å². The highest BCUT2D eigenvalue weighted by atomic mass is 19.3. The molecule has 112 valence electrons. The second-order valence-electron chi connectivity index (χ2n) is 5.20. The molecule has 2 rings (SSSR count). The van der Waals surface area contributed by atoms with E-state index in [0.717, 1.165) is 5.56 Å². The Bertz CT molecular complexity index is 482. The number of rotatable bonds is 4. The molecule has 5 nitrogen and oxygen atoms in total. The quantitative estimate of drug-likeness (QED) is 0.887. The molecule has 1 aliphatic heterocycles. The topological polar surface area (TPSA) is 67.2 Å². The van der Waals surface area contributed by atoms with Crippen LogP contribution < -0.4 is 10.6 Å². The number of alkyl halides is 2. The number of amides is 1. The van der Waals surface area contributed by atoms with E-state index in [1.807, 2.05) is 6.92 Å². The minimum Gasteiger partial charge on any atom is -0.361 e. The lowest BCUT2D eigenvalue weighted by Gasteiger charge is -2.19. The maximum absolute atomic E-state index is 13.1. The van der Waals surface area contributed by atoms with Crippen molar-refractivity contribution in [3.8, 4) is 0 Å². The second kappa shape index (κ2) is 5.47. The van der Waals surface area contributed by atoms with E-state index < -0.39 is 30.8 Å². The minimum atomic E-state index is -2.81. The van der Waals surface area contributed by atoms with Gasteiger partial charge in [-0.15, -0.1) is 0 Å². The summed E-state index contributed by atoms with van der Waals surface area (Å²) in [6.45, 7) is 5.02. The first-order valence-electron chi connectivity index (χ1n) is 6.68. The molecule has 2 atom stereocenters. The Morgan fingerprint density at radius 1 is 1.60 bits per heavy atom. The van der Waals surface area contributed by atoms with Gasteiger partial charge in [0, 0.05) is 12.0 Å². The lowest BCUT2D eigenvalue weighted by atomic mass is 10.0. The molecule has 1 amide bonds. The standard InChI is InChI=1S/C13H19F2N3O2/c1-4-9(11-7(2)18-20-8(11)3)17-12(19)10-5-13(14,15)6-16-10/h9-10,16H,4-6H2,1-3H3,(H,17,19). The fourth-order valence-corrected chi connectivity index (χ4v) is 2.54. The zero-order valence-electron chi connectivity index (χ0n) is 11.8. The third kappa shape index (κ3) is 2.98. The monoisotopic (exact) mass is 287 g/mol. The van der Waals surface area contributed by atoms with Crippen LogP contribution in [-0.2, 0) is 4.79 Å². The van der Waals surface area contributed by atoms with Crippen LogP contribution in [0.1, 0.15) is 42.8 Å². The maximum Gasteiger partial charge on any atom is 0.262 e. The maximum atomic E-state index is 13.1. The molecule has 0 saturated carbocycles. The van der Waals surface area contributed by atoms with E-state index in [1.165, 1.54) is 0 Å². The van der Waals surface area contributed by atoms with Crippen LogP contribution in [0.3, 0.4) is 0 Å². The highest BCUT2D eigenvalue weighted by Gasteiger charge is 2.42. The van der Waals surface area contributed by atoms with E-state index in [0.29, 0.717) is 17.9 Å². The molecule has 7 heteroatoms. The number of aromatic nitrogens is 1. The largest absolute Gasteiger partial charge is 0.361 e. The van der Waals surface area contributed by atoms with Crippen molar-refractivity contribution in [2.24, 2.45) is 0 Å². The number of nitrogens with one attached hydrogen (secondary N) is 2. The Balaban J connectivity index is 2.06. The van der Waals surface area contributed by atoms with Crippen molar-refractivity contribution in [1.29, 1.82) is 0 Å². The van der Waals surface area contributed by atoms with Gasteiger partial charge in [0.25, 0.3) is 5.92 Å². The first-order chi connectivity index (χ1) is 9.34. The van der Waals surface area contributed by atoms with E-state index in [4.69, 9.17) is 4.52 Å². The second-order valence-corrected chi connectivity index (χ2v) is 5.20. The molecule has 1 fully saturated rings. The zero-order valence-corrected chi connectivity index (χ0v) is 11.8. The van der Waals surface area contributed by atoms with Crippen LogP contribution in [0.15, 0.2) is 4.52 Å². The third-order valence-electron chi connectivity index (χ3n) is 3.59. The first-order valence-corrected chi connectivity index (χ1v) is 6.68. The molecule has 1 aliphatic rings. The molecule has 1 aromatic heterocycles. The van der Waals surface area contributed by atoms with Gasteiger partial charge in [-0.25, -0.2) is 8.78 Å². The highest BCUT2D eigenvalue weighted by molar-refractivity contribution is 5.82. The Kier molecular flexibility index (Phi) is 4.08. The van der Waals surface area contributed by atoms with Gasteiger partial charge in [0.05, 0.1) is 24.3 Å². The number of aryl methyl sites for hydroxylation is 2. The van der Waals surface area contributed by atoms with E-state index in [2.05, 4.69) is 15.8 Å². The number of nitrogens with zero attached hydrogens (tertiary/aromatic N) is 1. The summed E-state index contributed by atoms with van der Waals surface area (Å²) in [6, 6.07) is -1.12. The number of carbonyl (C=O) groups excluding carboxylic acids is 1. The molecular weight excluding hydrogens is 268 g/mol. The molecule has 0 radical (unpaired) electrons. The van der Waals surface area contributed by atoms with Crippen molar-refractivity contribution in [3.63, 3.8) is 0 Å². The Morgan fingerprint density at radius 2 is 2.30 bits per heavy atom. The van der Waals surface area contributed by atoms with E-state index in [1.54, 1.807) is 13.8 Å². The van der Waals surface area contributed by atoms with Crippen molar-refractivity contribution in [2.75, 3.05) is 6.54 Å². The zero-order chi connectivity index (χ0) is 14.9. The summed E-state index contributed by atoms with van der Waals surface area (Å²) >= 11 is 0. The first kappa shape index (κ1) is 14.9. The lowest BCUT2D eigenvalue weighted by molar-refractivity contribution is -0.124. The Morgan fingerprint density at radius 3 is 2.75 bits per heavy atom. The van der Waals surface area contributed by atoms with Crippen LogP contribution in [0.5, 0.6) is 0 Å². The van der Waals surface area contributed by atoms with Crippen molar-refractivity contribution in [3.05, 3.63) is 17.0 Å². The van der Waals surface area contributed by atoms with Crippen LogP contribution in [-0.4, -0.2) is 29.6 Å². The van der Waals surface area contributed by atoms with Crippen molar-refractivity contribution < 1.29 is 18.1 Å². The van der Waals surface area contributed by atoms with Crippen LogP contribution in [0.2, 0.25) is 0 Å². The van der Waals surface area contributed by atoms with Gasteiger partial charge >= 0.3 is 0 Å². The summed E-state index contributed by atoms with van der Waals surface area (Å²) in [5, 5.41) is 9.20. The molecule has 0 aliphatic carbocycles. The van der Waals surface area contributed by atoms with Gasteiger partial charge in [-0.2, -0.15) is 0 Å². The minimum absolute atomic E-state index is 0.273. The number of halogens is 2. The van der Waals surface area contributed by atoms with Crippen LogP contribution >= 0.6 is 0 Å². The molecule has 1 aromatic rings. The van der Waals surface area contributed by atoms with E-state index >= 15 is 0 Å². The number of hydrogen-bond acceptors (Lipinski definition) is 4. The van der Waals surface area contributed by atoms with Gasteiger partial charge < -0.3 is 9.84 Å². The van der Waals surface area contributed by atoms with E-state index in [-0.39, 0.29) is 6.04 Å². The summed E-state index contributed by atoms with van der Waals surface area (Å²) in [5.41, 5.74) is 1.53. The van der Waals surface area contributed by atoms with Crippen molar-refractivity contribution in [2.45, 2.75) is 51.6 Å². The molecule has 2 heterocycles. The number of hydrogen-bond donors (Lipinski definition) is 2. The molecule has 1 saturated heterocycles. The predicted octanol–water partition coefficient (Wildman–Crippen LogP) is 1.86. The fraction of sp³-hybridized carbons (Fsp3) is 0.692. The summed E-state index contributed by atoms with van der Waals surface area (Å²) in [7, 11) is 0. The molecule has 0 spiro atoms. The van der Waals surface area contributed by atoms with Gasteiger partial charge in [0.1, 0.15) is 5.76 Å². The van der Waals surface area contributed by atoms with Crippen molar-refractivity contribution >= 4 is 5.91 Å². The Hall–Kier alpha value is -1.50. The van der Waals surface area contributed by atoms with Gasteiger partial charge in [-0.3, -0.25) is 10.1 Å². The summed E-state index contributed by atoms with van der Waals surface area (Å²) < 4.78 is 31.3. The molecule has 0 aromatic carbocycles. The smallest absolute Gasteiger partial charge is 0.262 e. The SMILES string of the molecule is CCC(NC(=O)C1CC(F)(F)CN1)c1c(C)noc1C. The molecular formula is C13H19F2N3O2. The van der Waals surface area contributed by atoms with Crippen LogP contribution in [0, 0.1) is 13.8 Å². The number of carbonyl (C=O) groups is 1. The summed E-state index contributed by atoms with van der Waals surface area (Å²) in [6.07, 6.45) is 0.175. The van der Waals surface area contributed by atoms with Gasteiger partial charge in [0.2, 0.25) is 5.91 Å². The third-order valence-corrected chi connectivity index (χ3v) is 3.59. The van der Waals surface area contributed by atoms with Crippen LogP contribution in [0.4, 0.5) is 8.78 Å². The molecule has 2 N–H and O–H groups in total. The molecule has 0 bridgehead atoms. The van der Waals surface area contributed by atoms with Gasteiger partial charge in [-0.05, 0) is 20.3 Å². The van der Waals surface area contributed by atoms with Crippen LogP contribution in [0.25, 0.3) is 0 Å². The lowest BCUT2D eigenvalue weighted by Crippen LogP contribution is -2.42. The average molecular weight is 287 g/mol. The highest BCUT2D eigenvalue weighted by Crippen LogP contribution is 2.27. The van der Waals surface area contributed by atoms with E-state index in [9.17, 15) is 13.6 Å². The van der Waals surface area contributed by atoms with Gasteiger partial charge in [-0.1, -0.05) is 12.1 Å². The van der Waals surface area contributed by atoms with Crippen molar-refractivity contribution in [1.82, 2.24) is 15.8 Å². The Labute approximate surface area is 116 Å². The summed E-state index contributed by atoms with van der Waals surface area (Å²) in [5.74, 6) is -2.58. The normalized spacial score (nSPS) is 22.8. The molecule has 20 heavy (non-hydrogen) atoms. The fourth-order valence-electron chi connectivity index (χ4n) is 2.54. The summed E-state index contributed by atoms with van der Waals surface area (Å²) in [4.78, 5) is 12.1. The average Bonchev–Trinajstić information content (AvgIpc) is 2.90. The molecule has 2 unspecified atom stereocenters.